The number of rotatable bonds is 10. The number of hydrogen-bond donors (Lipinski definition) is 0. The molecule has 1 aromatic carbocycles. The maximum Gasteiger partial charge on any atom is 0.410 e. The topological polar surface area (TPSA) is 121 Å². The average Bonchev–Trinajstić information content (AvgIpc) is 3.04. The maximum atomic E-state index is 16.4. The van der Waals surface area contributed by atoms with Crippen molar-refractivity contribution in [2.75, 3.05) is 51.7 Å². The molecule has 4 heterocycles. The number of benzene rings is 1. The number of aromatic nitrogens is 4. The Morgan fingerprint density at radius 3 is 2.52 bits per heavy atom. The zero-order chi connectivity index (χ0) is 36.3. The predicted octanol–water partition coefficient (Wildman–Crippen LogP) is 6.00. The number of nitrogens with zero attached hydrogens (tertiary/aromatic N) is 6. The standard InChI is InChI=1S/C36H44F2N6O6/c1-21(2)29-31(22(3)12-13-39-29)44-33-24(32(41-34(44)45)43-15-14-42(19-23(43)4)35(46)50-36(5,6)7)18-26(38)30(40-33)28-25(37)10-9-11-27(28)49-17-16-48-20-47-8/h9-13,18,21,23H,14-17,19-20H2,1-8H3/t23-/m0/s1. The molecule has 0 radical (unpaired) electrons. The summed E-state index contributed by atoms with van der Waals surface area (Å²) in [7, 11) is 1.49. The first-order chi connectivity index (χ1) is 23.7. The summed E-state index contributed by atoms with van der Waals surface area (Å²) in [5.74, 6) is -1.46. The SMILES string of the molecule is COCOCCOc1cccc(F)c1-c1nc2c(cc1F)c(N1CCN(C(=O)OC(C)(C)C)C[C@@H]1C)nc(=O)n2-c1c(C)ccnc1C(C)C. The van der Waals surface area contributed by atoms with Gasteiger partial charge in [-0.15, -0.1) is 0 Å². The van der Waals surface area contributed by atoms with E-state index in [0.29, 0.717) is 11.4 Å². The van der Waals surface area contributed by atoms with Gasteiger partial charge in [0.1, 0.15) is 42.1 Å². The number of carbonyl (C=O) groups is 1. The number of methoxy groups -OCH3 is 1. The van der Waals surface area contributed by atoms with E-state index >= 15 is 8.78 Å². The van der Waals surface area contributed by atoms with E-state index < -0.39 is 29.0 Å². The minimum Gasteiger partial charge on any atom is -0.490 e. The van der Waals surface area contributed by atoms with Crippen LogP contribution in [0.3, 0.4) is 0 Å². The van der Waals surface area contributed by atoms with Crippen LogP contribution < -0.4 is 15.3 Å². The fourth-order valence-electron chi connectivity index (χ4n) is 5.96. The second-order valence-corrected chi connectivity index (χ2v) is 13.5. The summed E-state index contributed by atoms with van der Waals surface area (Å²) in [5, 5.41) is 0.230. The van der Waals surface area contributed by atoms with Gasteiger partial charge in [0, 0.05) is 39.0 Å². The van der Waals surface area contributed by atoms with Gasteiger partial charge in [-0.25, -0.2) is 27.9 Å². The molecule has 4 aromatic rings. The first-order valence-electron chi connectivity index (χ1n) is 16.5. The van der Waals surface area contributed by atoms with E-state index in [2.05, 4.69) is 9.97 Å². The van der Waals surface area contributed by atoms with Gasteiger partial charge < -0.3 is 28.7 Å². The molecule has 0 bridgehead atoms. The van der Waals surface area contributed by atoms with E-state index in [9.17, 15) is 9.59 Å². The van der Waals surface area contributed by atoms with E-state index in [1.807, 2.05) is 32.6 Å². The lowest BCUT2D eigenvalue weighted by atomic mass is 10.0. The van der Waals surface area contributed by atoms with Gasteiger partial charge >= 0.3 is 11.8 Å². The van der Waals surface area contributed by atoms with Crippen LogP contribution in [0, 0.1) is 18.6 Å². The molecule has 5 rings (SSSR count). The Labute approximate surface area is 290 Å². The molecule has 14 heteroatoms. The zero-order valence-corrected chi connectivity index (χ0v) is 29.8. The summed E-state index contributed by atoms with van der Waals surface area (Å²) in [4.78, 5) is 44.3. The number of anilines is 1. The minimum atomic E-state index is -0.844. The van der Waals surface area contributed by atoms with Crippen LogP contribution in [0.25, 0.3) is 28.0 Å². The summed E-state index contributed by atoms with van der Waals surface area (Å²) < 4.78 is 54.9. The van der Waals surface area contributed by atoms with Crippen LogP contribution in [-0.4, -0.2) is 88.9 Å². The molecule has 1 amide bonds. The monoisotopic (exact) mass is 694 g/mol. The lowest BCUT2D eigenvalue weighted by Gasteiger charge is -2.41. The van der Waals surface area contributed by atoms with Crippen molar-refractivity contribution in [1.82, 2.24) is 24.4 Å². The quantitative estimate of drug-likeness (QED) is 0.144. The average molecular weight is 695 g/mol. The van der Waals surface area contributed by atoms with Gasteiger partial charge in [-0.1, -0.05) is 19.9 Å². The number of aryl methyl sites for hydroxylation is 1. The van der Waals surface area contributed by atoms with Crippen LogP contribution in [0.2, 0.25) is 0 Å². The molecule has 3 aromatic heterocycles. The second kappa shape index (κ2) is 15.1. The lowest BCUT2D eigenvalue weighted by Crippen LogP contribution is -2.55. The summed E-state index contributed by atoms with van der Waals surface area (Å²) in [6.45, 7) is 14.1. The highest BCUT2D eigenvalue weighted by Crippen LogP contribution is 2.37. The molecule has 268 valence electrons. The predicted molar refractivity (Wildman–Crippen MR) is 185 cm³/mol. The third-order valence-electron chi connectivity index (χ3n) is 8.18. The summed E-state index contributed by atoms with van der Waals surface area (Å²) >= 11 is 0. The Morgan fingerprint density at radius 1 is 1.08 bits per heavy atom. The second-order valence-electron chi connectivity index (χ2n) is 13.5. The van der Waals surface area contributed by atoms with E-state index in [1.165, 1.54) is 35.9 Å². The number of piperazine rings is 1. The van der Waals surface area contributed by atoms with Crippen molar-refractivity contribution in [1.29, 1.82) is 0 Å². The van der Waals surface area contributed by atoms with Crippen molar-refractivity contribution < 1.29 is 32.5 Å². The zero-order valence-electron chi connectivity index (χ0n) is 29.8. The first kappa shape index (κ1) is 36.6. The molecule has 0 N–H and O–H groups in total. The van der Waals surface area contributed by atoms with Crippen LogP contribution in [0.5, 0.6) is 5.75 Å². The van der Waals surface area contributed by atoms with Gasteiger partial charge in [-0.3, -0.25) is 4.98 Å². The van der Waals surface area contributed by atoms with Crippen LogP contribution in [0.4, 0.5) is 19.4 Å². The van der Waals surface area contributed by atoms with Crippen molar-refractivity contribution in [3.05, 3.63) is 69.9 Å². The van der Waals surface area contributed by atoms with E-state index in [4.69, 9.17) is 23.9 Å². The number of amides is 1. The van der Waals surface area contributed by atoms with Crippen LogP contribution >= 0.6 is 0 Å². The third kappa shape index (κ3) is 7.71. The Bertz CT molecular complexity index is 1930. The van der Waals surface area contributed by atoms with Crippen molar-refractivity contribution in [3.63, 3.8) is 0 Å². The summed E-state index contributed by atoms with van der Waals surface area (Å²) in [6, 6.07) is 6.81. The van der Waals surface area contributed by atoms with Gasteiger partial charge in [0.2, 0.25) is 0 Å². The number of ether oxygens (including phenoxy) is 4. The Kier molecular flexibility index (Phi) is 11.0. The van der Waals surface area contributed by atoms with Crippen LogP contribution in [0.15, 0.2) is 41.3 Å². The molecule has 1 aliphatic rings. The Hall–Kier alpha value is -4.69. The molecule has 0 spiro atoms. The van der Waals surface area contributed by atoms with Crippen LogP contribution in [-0.2, 0) is 14.2 Å². The highest BCUT2D eigenvalue weighted by molar-refractivity contribution is 5.91. The number of halogens is 2. The fourth-order valence-corrected chi connectivity index (χ4v) is 5.96. The molecule has 0 unspecified atom stereocenters. The van der Waals surface area contributed by atoms with Gasteiger partial charge in [-0.05, 0) is 70.4 Å². The molecule has 1 aliphatic heterocycles. The Morgan fingerprint density at radius 2 is 1.84 bits per heavy atom. The van der Waals surface area contributed by atoms with Crippen LogP contribution in [0.1, 0.15) is 58.7 Å². The van der Waals surface area contributed by atoms with Crippen molar-refractivity contribution in [3.8, 4) is 22.7 Å². The first-order valence-corrected chi connectivity index (χ1v) is 16.5. The number of pyridine rings is 2. The maximum absolute atomic E-state index is 16.4. The number of hydrogen-bond acceptors (Lipinski definition) is 10. The third-order valence-corrected chi connectivity index (χ3v) is 8.18. The normalized spacial score (nSPS) is 15.2. The lowest BCUT2D eigenvalue weighted by molar-refractivity contribution is -0.0387. The summed E-state index contributed by atoms with van der Waals surface area (Å²) in [6.07, 6.45) is 1.21. The van der Waals surface area contributed by atoms with Gasteiger partial charge in [0.25, 0.3) is 0 Å². The summed E-state index contributed by atoms with van der Waals surface area (Å²) in [5.41, 5.74) is -0.0240. The molecule has 1 fully saturated rings. The molecule has 0 saturated carbocycles. The molecule has 1 atom stereocenters. The molecule has 1 saturated heterocycles. The molecule has 50 heavy (non-hydrogen) atoms. The molecule has 12 nitrogen and oxygen atoms in total. The van der Waals surface area contributed by atoms with Gasteiger partial charge in [0.05, 0.1) is 28.9 Å². The molecule has 0 aliphatic carbocycles. The van der Waals surface area contributed by atoms with Crippen molar-refractivity contribution in [2.45, 2.75) is 66.0 Å². The van der Waals surface area contributed by atoms with E-state index in [-0.39, 0.29) is 85.5 Å². The fraction of sp³-hybridized carbons (Fsp3) is 0.472. The smallest absolute Gasteiger partial charge is 0.410 e. The highest BCUT2D eigenvalue weighted by atomic mass is 19.1. The highest BCUT2D eigenvalue weighted by Gasteiger charge is 2.33. The van der Waals surface area contributed by atoms with E-state index in [0.717, 1.165) is 5.56 Å². The molecular formula is C36H44F2N6O6. The van der Waals surface area contributed by atoms with Gasteiger partial charge in [0.15, 0.2) is 11.5 Å². The molecular weight excluding hydrogens is 650 g/mol. The number of fused-ring (bicyclic) bond motifs is 1. The van der Waals surface area contributed by atoms with Gasteiger partial charge in [-0.2, -0.15) is 4.98 Å². The van der Waals surface area contributed by atoms with E-state index in [1.54, 1.807) is 37.9 Å². The largest absolute Gasteiger partial charge is 0.490 e. The minimum absolute atomic E-state index is 0.0353. The number of carbonyl (C=O) groups excluding carboxylic acids is 1. The van der Waals surface area contributed by atoms with Crippen molar-refractivity contribution in [2.24, 2.45) is 0 Å². The van der Waals surface area contributed by atoms with Crippen molar-refractivity contribution >= 4 is 22.9 Å². The Balaban J connectivity index is 1.70.